The maximum absolute atomic E-state index is 14.1. The zero-order valence-electron chi connectivity index (χ0n) is 9.51. The standard InChI is InChI=1S/C11H7FN6O/c12-10-9(8-4-2-1-3-5-8)14-16-18(10)11(19)17-7-6-13-15-17/h1-7H. The molecule has 19 heavy (non-hydrogen) atoms. The first-order chi connectivity index (χ1) is 9.27. The Labute approximate surface area is 106 Å². The van der Waals surface area contributed by atoms with Crippen molar-refractivity contribution in [1.82, 2.24) is 30.0 Å². The van der Waals surface area contributed by atoms with Crippen LogP contribution in [0.1, 0.15) is 0 Å². The summed E-state index contributed by atoms with van der Waals surface area (Å²) in [5.41, 5.74) is 0.548. The maximum atomic E-state index is 14.1. The van der Waals surface area contributed by atoms with E-state index in [1.165, 1.54) is 12.4 Å². The molecule has 0 N–H and O–H groups in total. The highest BCUT2D eigenvalue weighted by molar-refractivity contribution is 5.78. The van der Waals surface area contributed by atoms with E-state index in [9.17, 15) is 9.18 Å². The van der Waals surface area contributed by atoms with Gasteiger partial charge in [0.2, 0.25) is 5.95 Å². The fraction of sp³-hybridized carbons (Fsp3) is 0. The first-order valence-electron chi connectivity index (χ1n) is 5.35. The Morgan fingerprint density at radius 3 is 2.63 bits per heavy atom. The van der Waals surface area contributed by atoms with Crippen LogP contribution in [0.3, 0.4) is 0 Å². The minimum Gasteiger partial charge on any atom is -0.243 e. The van der Waals surface area contributed by atoms with Gasteiger partial charge in [-0.1, -0.05) is 40.8 Å². The molecular weight excluding hydrogens is 251 g/mol. The molecular formula is C11H7FN6O. The van der Waals surface area contributed by atoms with E-state index < -0.39 is 12.0 Å². The van der Waals surface area contributed by atoms with Crippen molar-refractivity contribution in [3.63, 3.8) is 0 Å². The van der Waals surface area contributed by atoms with Gasteiger partial charge in [-0.15, -0.1) is 14.9 Å². The molecule has 94 valence electrons. The summed E-state index contributed by atoms with van der Waals surface area (Å²) in [5, 5.41) is 14.1. The topological polar surface area (TPSA) is 78.5 Å². The van der Waals surface area contributed by atoms with Gasteiger partial charge in [-0.3, -0.25) is 0 Å². The molecule has 0 amide bonds. The van der Waals surface area contributed by atoms with Crippen molar-refractivity contribution in [1.29, 1.82) is 0 Å². The number of rotatable bonds is 1. The van der Waals surface area contributed by atoms with Crippen LogP contribution in [0.4, 0.5) is 9.18 Å². The van der Waals surface area contributed by atoms with Crippen LogP contribution in [0.2, 0.25) is 0 Å². The number of halogens is 1. The van der Waals surface area contributed by atoms with Gasteiger partial charge in [0.1, 0.15) is 5.69 Å². The molecule has 0 saturated heterocycles. The molecule has 0 saturated carbocycles. The monoisotopic (exact) mass is 258 g/mol. The van der Waals surface area contributed by atoms with Crippen molar-refractivity contribution in [3.05, 3.63) is 48.7 Å². The van der Waals surface area contributed by atoms with Crippen LogP contribution in [0.15, 0.2) is 42.7 Å². The minimum atomic E-state index is -0.841. The molecule has 0 atom stereocenters. The third-order valence-electron chi connectivity index (χ3n) is 2.46. The van der Waals surface area contributed by atoms with Gasteiger partial charge in [-0.25, -0.2) is 4.79 Å². The number of benzene rings is 1. The molecule has 8 heteroatoms. The summed E-state index contributed by atoms with van der Waals surface area (Å²) in [4.78, 5) is 11.9. The summed E-state index contributed by atoms with van der Waals surface area (Å²) in [5.74, 6) is -0.841. The molecule has 3 rings (SSSR count). The lowest BCUT2D eigenvalue weighted by Gasteiger charge is -1.98. The Morgan fingerprint density at radius 1 is 1.16 bits per heavy atom. The quantitative estimate of drug-likeness (QED) is 0.655. The molecule has 0 bridgehead atoms. The Morgan fingerprint density at radius 2 is 1.95 bits per heavy atom. The lowest BCUT2D eigenvalue weighted by atomic mass is 10.2. The second-order valence-electron chi connectivity index (χ2n) is 3.64. The summed E-state index contributed by atoms with van der Waals surface area (Å²) >= 11 is 0. The molecule has 0 spiro atoms. The van der Waals surface area contributed by atoms with Gasteiger partial charge in [-0.2, -0.15) is 9.07 Å². The molecule has 1 aromatic carbocycles. The largest absolute Gasteiger partial charge is 0.374 e. The molecule has 3 aromatic rings. The lowest BCUT2D eigenvalue weighted by Crippen LogP contribution is -2.23. The van der Waals surface area contributed by atoms with Gasteiger partial charge >= 0.3 is 6.03 Å². The molecule has 0 aliphatic heterocycles. The van der Waals surface area contributed by atoms with Crippen molar-refractivity contribution < 1.29 is 9.18 Å². The fourth-order valence-electron chi connectivity index (χ4n) is 1.57. The summed E-state index contributed by atoms with van der Waals surface area (Å²) < 4.78 is 15.5. The molecule has 0 fully saturated rings. The number of nitrogens with zero attached hydrogens (tertiary/aromatic N) is 6. The number of hydrogen-bond donors (Lipinski definition) is 0. The van der Waals surface area contributed by atoms with Crippen LogP contribution in [-0.2, 0) is 0 Å². The van der Waals surface area contributed by atoms with Crippen LogP contribution in [0.25, 0.3) is 11.3 Å². The van der Waals surface area contributed by atoms with E-state index in [0.29, 0.717) is 10.2 Å². The third kappa shape index (κ3) is 1.88. The van der Waals surface area contributed by atoms with Gasteiger partial charge in [-0.05, 0) is 0 Å². The molecule has 7 nitrogen and oxygen atoms in total. The highest BCUT2D eigenvalue weighted by Gasteiger charge is 2.20. The average molecular weight is 258 g/mol. The summed E-state index contributed by atoms with van der Waals surface area (Å²) in [6.45, 7) is 0. The molecule has 0 aliphatic carbocycles. The van der Waals surface area contributed by atoms with E-state index in [4.69, 9.17) is 0 Å². The molecule has 2 aromatic heterocycles. The highest BCUT2D eigenvalue weighted by Crippen LogP contribution is 2.19. The van der Waals surface area contributed by atoms with Gasteiger partial charge in [0.15, 0.2) is 0 Å². The van der Waals surface area contributed by atoms with Gasteiger partial charge in [0.05, 0.1) is 12.4 Å². The van der Waals surface area contributed by atoms with E-state index in [1.807, 2.05) is 0 Å². The average Bonchev–Trinajstić information content (AvgIpc) is 3.08. The van der Waals surface area contributed by atoms with E-state index in [0.717, 1.165) is 4.68 Å². The van der Waals surface area contributed by atoms with Crippen LogP contribution in [0.5, 0.6) is 0 Å². The second-order valence-corrected chi connectivity index (χ2v) is 3.64. The highest BCUT2D eigenvalue weighted by atomic mass is 19.1. The van der Waals surface area contributed by atoms with Gasteiger partial charge in [0, 0.05) is 5.56 Å². The normalized spacial score (nSPS) is 10.6. The van der Waals surface area contributed by atoms with E-state index >= 15 is 0 Å². The van der Waals surface area contributed by atoms with Gasteiger partial charge in [0.25, 0.3) is 0 Å². The smallest absolute Gasteiger partial charge is 0.243 e. The van der Waals surface area contributed by atoms with Crippen molar-refractivity contribution in [2.75, 3.05) is 0 Å². The zero-order chi connectivity index (χ0) is 13.2. The summed E-state index contributed by atoms with van der Waals surface area (Å²) in [6.07, 6.45) is 2.61. The Balaban J connectivity index is 2.02. The van der Waals surface area contributed by atoms with Crippen LogP contribution in [-0.4, -0.2) is 36.0 Å². The fourth-order valence-corrected chi connectivity index (χ4v) is 1.57. The molecule has 0 radical (unpaired) electrons. The predicted octanol–water partition coefficient (Wildman–Crippen LogP) is 1.19. The molecule has 0 unspecified atom stereocenters. The van der Waals surface area contributed by atoms with Crippen LogP contribution < -0.4 is 0 Å². The molecule has 2 heterocycles. The van der Waals surface area contributed by atoms with Gasteiger partial charge < -0.3 is 0 Å². The van der Waals surface area contributed by atoms with Crippen molar-refractivity contribution >= 4 is 6.03 Å². The summed E-state index contributed by atoms with van der Waals surface area (Å²) in [6, 6.07) is 7.85. The summed E-state index contributed by atoms with van der Waals surface area (Å²) in [7, 11) is 0. The van der Waals surface area contributed by atoms with E-state index in [1.54, 1.807) is 30.3 Å². The van der Waals surface area contributed by atoms with Crippen LogP contribution in [0, 0.1) is 5.95 Å². The number of aromatic nitrogens is 6. The Kier molecular flexibility index (Phi) is 2.60. The third-order valence-corrected chi connectivity index (χ3v) is 2.46. The first kappa shape index (κ1) is 11.2. The van der Waals surface area contributed by atoms with Crippen molar-refractivity contribution in [2.45, 2.75) is 0 Å². The second kappa shape index (κ2) is 4.41. The van der Waals surface area contributed by atoms with E-state index in [-0.39, 0.29) is 5.69 Å². The number of carbonyl (C=O) groups is 1. The lowest BCUT2D eigenvalue weighted by molar-refractivity contribution is 0.233. The minimum absolute atomic E-state index is 0.00839. The van der Waals surface area contributed by atoms with E-state index in [2.05, 4.69) is 20.6 Å². The predicted molar refractivity (Wildman–Crippen MR) is 61.6 cm³/mol. The number of hydrogen-bond acceptors (Lipinski definition) is 5. The number of carbonyl (C=O) groups excluding carboxylic acids is 1. The first-order valence-corrected chi connectivity index (χ1v) is 5.35. The molecule has 0 aliphatic rings. The maximum Gasteiger partial charge on any atom is 0.374 e. The van der Waals surface area contributed by atoms with Crippen molar-refractivity contribution in [2.24, 2.45) is 0 Å². The van der Waals surface area contributed by atoms with Crippen LogP contribution >= 0.6 is 0 Å². The van der Waals surface area contributed by atoms with Crippen molar-refractivity contribution in [3.8, 4) is 11.3 Å². The Hall–Kier alpha value is -2.90. The Bertz CT molecular complexity index is 706. The SMILES string of the molecule is O=C(n1ccnn1)n1nnc(-c2ccccc2)c1F. The zero-order valence-corrected chi connectivity index (χ0v) is 9.51.